The van der Waals surface area contributed by atoms with E-state index in [0.717, 1.165) is 0 Å². The molecule has 0 radical (unpaired) electrons. The van der Waals surface area contributed by atoms with Gasteiger partial charge in [-0.2, -0.15) is 16.8 Å². The van der Waals surface area contributed by atoms with E-state index < -0.39 is 44.9 Å². The Morgan fingerprint density at radius 2 is 0.864 bits per heavy atom. The first-order valence-corrected chi connectivity index (χ1v) is 17.4. The third-order valence-electron chi connectivity index (χ3n) is 4.96. The summed E-state index contributed by atoms with van der Waals surface area (Å²) < 4.78 is 62.5. The van der Waals surface area contributed by atoms with Crippen molar-refractivity contribution < 1.29 is 25.9 Å². The van der Waals surface area contributed by atoms with Gasteiger partial charge in [-0.25, -0.2) is 0 Å². The lowest BCUT2D eigenvalue weighted by Gasteiger charge is -2.45. The molecular weight excluding hydrogens is 360 g/mol. The van der Waals surface area contributed by atoms with E-state index in [-0.39, 0.29) is 0 Å². The van der Waals surface area contributed by atoms with Crippen molar-refractivity contribution in [3.8, 4) is 0 Å². The predicted octanol–water partition coefficient (Wildman–Crippen LogP) is 2.81. The molecule has 0 aliphatic carbocycles. The van der Waals surface area contributed by atoms with Gasteiger partial charge < -0.3 is 0 Å². The van der Waals surface area contributed by atoms with E-state index in [0.29, 0.717) is 12.1 Å². The minimum Gasteiger partial charge on any atom is -0.285 e. The lowest BCUT2D eigenvalue weighted by molar-refractivity contribution is 0.446. The van der Waals surface area contributed by atoms with Gasteiger partial charge in [0.2, 0.25) is 0 Å². The number of hydrogen-bond acceptors (Lipinski definition) is 4. The van der Waals surface area contributed by atoms with Gasteiger partial charge in [0.1, 0.15) is 0 Å². The molecule has 134 valence electrons. The van der Waals surface area contributed by atoms with Crippen molar-refractivity contribution in [2.45, 2.75) is 75.5 Å². The van der Waals surface area contributed by atoms with Crippen molar-refractivity contribution in [1.82, 2.24) is 0 Å². The first kappa shape index (κ1) is 22.3. The molecule has 0 unspecified atom stereocenters. The van der Waals surface area contributed by atoms with Crippen LogP contribution in [0.25, 0.3) is 0 Å². The fraction of sp³-hybridized carbons (Fsp3) is 1.00. The van der Waals surface area contributed by atoms with Gasteiger partial charge >= 0.3 is 0 Å². The molecule has 0 aliphatic heterocycles. The second-order valence-corrected chi connectivity index (χ2v) is 29.1. The lowest BCUT2D eigenvalue weighted by atomic mass is 10.2. The Kier molecular flexibility index (Phi) is 6.03. The van der Waals surface area contributed by atoms with E-state index in [9.17, 15) is 25.9 Å². The summed E-state index contributed by atoms with van der Waals surface area (Å²) in [6.07, 6.45) is 0. The zero-order valence-corrected chi connectivity index (χ0v) is 18.4. The van der Waals surface area contributed by atoms with Gasteiger partial charge in [0.15, 0.2) is 0 Å². The van der Waals surface area contributed by atoms with Crippen molar-refractivity contribution in [3.05, 3.63) is 0 Å². The zero-order valence-electron chi connectivity index (χ0n) is 14.8. The molecule has 6 nitrogen and oxygen atoms in total. The van der Waals surface area contributed by atoms with E-state index in [1.807, 2.05) is 26.2 Å². The van der Waals surface area contributed by atoms with Crippen LogP contribution in [-0.4, -0.2) is 50.6 Å². The van der Waals surface area contributed by atoms with Crippen molar-refractivity contribution in [2.24, 2.45) is 0 Å². The molecule has 0 atom stereocenters. The van der Waals surface area contributed by atoms with Gasteiger partial charge in [0.05, 0.1) is 9.49 Å². The number of hydrogen-bond donors (Lipinski definition) is 2. The molecule has 22 heavy (non-hydrogen) atoms. The minimum atomic E-state index is -4.18. The van der Waals surface area contributed by atoms with Crippen LogP contribution in [0.15, 0.2) is 0 Å². The molecular formula is C12H30O6S2Si2. The van der Waals surface area contributed by atoms with Gasteiger partial charge in [0.25, 0.3) is 20.2 Å². The van der Waals surface area contributed by atoms with Crippen molar-refractivity contribution in [1.29, 1.82) is 0 Å². The largest absolute Gasteiger partial charge is 0.285 e. The zero-order chi connectivity index (χ0) is 18.4. The van der Waals surface area contributed by atoms with Gasteiger partial charge in [0, 0.05) is 15.2 Å². The van der Waals surface area contributed by atoms with E-state index in [1.165, 1.54) is 27.7 Å². The number of rotatable bonds is 7. The fourth-order valence-corrected chi connectivity index (χ4v) is 17.9. The van der Waals surface area contributed by atoms with Crippen LogP contribution in [-0.2, 0) is 20.2 Å². The normalized spacial score (nSPS) is 15.9. The Hall–Kier alpha value is 0.254. The molecule has 0 spiro atoms. The van der Waals surface area contributed by atoms with Crippen LogP contribution in [0.5, 0.6) is 0 Å². The Balaban J connectivity index is 5.62. The summed E-state index contributed by atoms with van der Waals surface area (Å²) in [7, 11) is -12.6. The Bertz CT molecular complexity index is 562. The molecule has 0 bridgehead atoms. The van der Waals surface area contributed by atoms with E-state index in [2.05, 4.69) is 0 Å². The Labute approximate surface area is 137 Å². The maximum absolute atomic E-state index is 11.6. The van der Waals surface area contributed by atoms with Gasteiger partial charge in [-0.3, -0.25) is 9.11 Å². The standard InChI is InChI=1S/C12H30O6S2Si2/c1-11(2,19(13,14)15)9-21(5,6)22(7,8)10-12(3,4)20(16,17)18/h9-10H2,1-8H3,(H,13,14,15)(H,16,17,18). The maximum Gasteiger partial charge on any atom is 0.269 e. The highest BCUT2D eigenvalue weighted by atomic mass is 32.2. The Morgan fingerprint density at radius 3 is 1.00 bits per heavy atom. The third-order valence-corrected chi connectivity index (χ3v) is 27.8. The SMILES string of the molecule is CC(C)(C[Si](C)(C)[Si](C)(C)CC(C)(C)S(=O)(=O)O)S(=O)(=O)O. The second-order valence-electron chi connectivity index (χ2n) is 8.59. The lowest BCUT2D eigenvalue weighted by Crippen LogP contribution is -2.61. The van der Waals surface area contributed by atoms with Gasteiger partial charge in [-0.05, 0) is 39.8 Å². The van der Waals surface area contributed by atoms with Crippen LogP contribution in [0.4, 0.5) is 0 Å². The van der Waals surface area contributed by atoms with E-state index >= 15 is 0 Å². The maximum atomic E-state index is 11.6. The molecule has 2 N–H and O–H groups in total. The van der Waals surface area contributed by atoms with Crippen LogP contribution >= 0.6 is 0 Å². The monoisotopic (exact) mass is 390 g/mol. The van der Waals surface area contributed by atoms with E-state index in [4.69, 9.17) is 0 Å². The minimum absolute atomic E-state index is 0.347. The summed E-state index contributed by atoms with van der Waals surface area (Å²) in [5.41, 5.74) is 0. The fourth-order valence-electron chi connectivity index (χ4n) is 2.79. The molecule has 0 amide bonds. The third kappa shape index (κ3) is 4.87. The van der Waals surface area contributed by atoms with E-state index in [1.54, 1.807) is 0 Å². The van der Waals surface area contributed by atoms with Crippen LogP contribution in [0.3, 0.4) is 0 Å². The van der Waals surface area contributed by atoms with Crippen LogP contribution in [0.2, 0.25) is 38.3 Å². The summed E-state index contributed by atoms with van der Waals surface area (Å²) >= 11 is 0. The van der Waals surface area contributed by atoms with Crippen LogP contribution < -0.4 is 0 Å². The van der Waals surface area contributed by atoms with Crippen molar-refractivity contribution >= 4 is 35.4 Å². The van der Waals surface area contributed by atoms with Crippen LogP contribution in [0.1, 0.15) is 27.7 Å². The smallest absolute Gasteiger partial charge is 0.269 e. The summed E-state index contributed by atoms with van der Waals surface area (Å²) in [4.78, 5) is 0. The highest BCUT2D eigenvalue weighted by Crippen LogP contribution is 2.38. The summed E-state index contributed by atoms with van der Waals surface area (Å²) in [6.45, 7) is 14.1. The molecule has 0 saturated carbocycles. The predicted molar refractivity (Wildman–Crippen MR) is 95.8 cm³/mol. The van der Waals surface area contributed by atoms with Gasteiger partial charge in [-0.15, -0.1) is 0 Å². The molecule has 0 aliphatic rings. The molecule has 10 heteroatoms. The van der Waals surface area contributed by atoms with Crippen molar-refractivity contribution in [3.63, 3.8) is 0 Å². The van der Waals surface area contributed by atoms with Crippen LogP contribution in [0, 0.1) is 0 Å². The Morgan fingerprint density at radius 1 is 0.682 bits per heavy atom. The molecule has 0 aromatic carbocycles. The average molecular weight is 391 g/mol. The quantitative estimate of drug-likeness (QED) is 0.511. The molecule has 0 fully saturated rings. The van der Waals surface area contributed by atoms with Crippen molar-refractivity contribution in [2.75, 3.05) is 0 Å². The first-order valence-electron chi connectivity index (χ1n) is 7.10. The summed E-state index contributed by atoms with van der Waals surface area (Å²) in [5.74, 6) is 0. The van der Waals surface area contributed by atoms with Gasteiger partial charge in [-0.1, -0.05) is 26.2 Å². The first-order chi connectivity index (χ1) is 9.16. The highest BCUT2D eigenvalue weighted by Gasteiger charge is 2.51. The molecule has 0 aromatic rings. The summed E-state index contributed by atoms with van der Waals surface area (Å²) in [5, 5.41) is 0. The average Bonchev–Trinajstić information content (AvgIpc) is 2.09. The molecule has 0 rings (SSSR count). The highest BCUT2D eigenvalue weighted by molar-refractivity contribution is 7.87. The molecule has 0 saturated heterocycles. The second kappa shape index (κ2) is 5.96. The molecule has 0 aromatic heterocycles. The topological polar surface area (TPSA) is 109 Å². The molecule has 0 heterocycles. The summed E-state index contributed by atoms with van der Waals surface area (Å²) in [6, 6.07) is 0.694.